The number of aromatic nitrogens is 4. The van der Waals surface area contributed by atoms with Crippen LogP contribution in [0, 0.1) is 0 Å². The Bertz CT molecular complexity index is 1910. The van der Waals surface area contributed by atoms with Crippen molar-refractivity contribution < 1.29 is 28.4 Å². The van der Waals surface area contributed by atoms with E-state index in [4.69, 9.17) is 33.4 Å². The number of fused-ring (bicyclic) bond motifs is 1. The Kier molecular flexibility index (Phi) is 10.8. The van der Waals surface area contributed by atoms with Crippen LogP contribution in [0.5, 0.6) is 5.88 Å². The molecule has 10 nitrogen and oxygen atoms in total. The molecule has 0 saturated carbocycles. The van der Waals surface area contributed by atoms with Gasteiger partial charge in [-0.1, -0.05) is 121 Å². The van der Waals surface area contributed by atoms with Gasteiger partial charge in [-0.25, -0.2) is 9.97 Å². The third kappa shape index (κ3) is 7.60. The normalized spacial score (nSPS) is 20.3. The molecule has 1 saturated heterocycles. The maximum atomic E-state index is 7.17. The zero-order valence-electron chi connectivity index (χ0n) is 27.9. The molecular formula is C40H40N4O6. The average molecular weight is 673 g/mol. The number of hydrogen-bond donors (Lipinski definition) is 0. The lowest BCUT2D eigenvalue weighted by Crippen LogP contribution is -2.51. The van der Waals surface area contributed by atoms with Crippen LogP contribution >= 0.6 is 0 Å². The Morgan fingerprint density at radius 1 is 0.640 bits per heavy atom. The van der Waals surface area contributed by atoms with Crippen molar-refractivity contribution in [3.05, 3.63) is 156 Å². The molecule has 0 amide bonds. The summed E-state index contributed by atoms with van der Waals surface area (Å²) in [6.45, 7) is 1.76. The summed E-state index contributed by atoms with van der Waals surface area (Å²) < 4.78 is 41.2. The summed E-state index contributed by atoms with van der Waals surface area (Å²) in [5, 5.41) is 0. The van der Waals surface area contributed by atoms with Crippen LogP contribution < -0.4 is 4.74 Å². The summed E-state index contributed by atoms with van der Waals surface area (Å²) in [5.41, 5.74) is 3.86. The molecule has 3 heterocycles. The molecule has 50 heavy (non-hydrogen) atoms. The van der Waals surface area contributed by atoms with E-state index < -0.39 is 24.0 Å². The summed E-state index contributed by atoms with van der Waals surface area (Å²) in [5.74, 6) is 0.355. The van der Waals surface area contributed by atoms with Gasteiger partial charge in [0.2, 0.25) is 5.88 Å². The molecule has 256 valence electrons. The van der Waals surface area contributed by atoms with Gasteiger partial charge in [0.1, 0.15) is 24.6 Å². The lowest BCUT2D eigenvalue weighted by molar-refractivity contribution is -0.199. The molecule has 4 atom stereocenters. The first-order valence-electron chi connectivity index (χ1n) is 16.7. The molecule has 6 aromatic rings. The first-order valence-corrected chi connectivity index (χ1v) is 16.7. The highest BCUT2D eigenvalue weighted by Gasteiger charge is 2.59. The molecule has 7 rings (SSSR count). The van der Waals surface area contributed by atoms with Crippen molar-refractivity contribution in [1.29, 1.82) is 0 Å². The zero-order chi connectivity index (χ0) is 34.0. The SMILES string of the molecule is COc1ncnc2c1ncn2[C@]1(COCc2ccccc2)O[C@H](COCc2ccccc2)[C@@H](OCc2ccccc2)[C@@H]1OCc1ccccc1. The van der Waals surface area contributed by atoms with Crippen LogP contribution in [-0.4, -0.2) is 58.2 Å². The third-order valence-corrected chi connectivity index (χ3v) is 8.74. The van der Waals surface area contributed by atoms with Gasteiger partial charge < -0.3 is 28.4 Å². The summed E-state index contributed by atoms with van der Waals surface area (Å²) in [7, 11) is 1.56. The van der Waals surface area contributed by atoms with Gasteiger partial charge in [-0.2, -0.15) is 4.98 Å². The number of hydrogen-bond acceptors (Lipinski definition) is 9. The van der Waals surface area contributed by atoms with Gasteiger partial charge in [-0.05, 0) is 22.3 Å². The summed E-state index contributed by atoms with van der Waals surface area (Å²) in [4.78, 5) is 13.6. The predicted octanol–water partition coefficient (Wildman–Crippen LogP) is 6.49. The number of rotatable bonds is 16. The van der Waals surface area contributed by atoms with Crippen LogP contribution in [0.4, 0.5) is 0 Å². The average Bonchev–Trinajstić information content (AvgIpc) is 3.74. The summed E-state index contributed by atoms with van der Waals surface area (Å²) in [6, 6.07) is 40.2. The smallest absolute Gasteiger partial charge is 0.245 e. The molecule has 1 fully saturated rings. The minimum Gasteiger partial charge on any atom is -0.479 e. The minimum absolute atomic E-state index is 0.0967. The van der Waals surface area contributed by atoms with E-state index in [1.165, 1.54) is 6.33 Å². The summed E-state index contributed by atoms with van der Waals surface area (Å²) in [6.07, 6.45) is 1.33. The molecule has 0 N–H and O–H groups in total. The quantitative estimate of drug-likeness (QED) is 0.114. The van der Waals surface area contributed by atoms with E-state index in [9.17, 15) is 0 Å². The van der Waals surface area contributed by atoms with E-state index in [2.05, 4.69) is 9.97 Å². The highest BCUT2D eigenvalue weighted by molar-refractivity contribution is 5.76. The molecule has 0 aliphatic carbocycles. The predicted molar refractivity (Wildman–Crippen MR) is 187 cm³/mol. The molecule has 0 radical (unpaired) electrons. The van der Waals surface area contributed by atoms with E-state index in [1.54, 1.807) is 13.4 Å². The molecule has 1 aliphatic heterocycles. The third-order valence-electron chi connectivity index (χ3n) is 8.74. The molecular weight excluding hydrogens is 632 g/mol. The lowest BCUT2D eigenvalue weighted by Gasteiger charge is -2.36. The van der Waals surface area contributed by atoms with E-state index in [1.807, 2.05) is 126 Å². The van der Waals surface area contributed by atoms with E-state index in [-0.39, 0.29) is 13.2 Å². The van der Waals surface area contributed by atoms with Crippen molar-refractivity contribution in [2.24, 2.45) is 0 Å². The minimum atomic E-state index is -1.28. The molecule has 1 aliphatic rings. The van der Waals surface area contributed by atoms with Crippen LogP contribution in [0.25, 0.3) is 11.2 Å². The first-order chi connectivity index (χ1) is 24.7. The van der Waals surface area contributed by atoms with E-state index in [0.717, 1.165) is 22.3 Å². The highest BCUT2D eigenvalue weighted by atomic mass is 16.6. The lowest BCUT2D eigenvalue weighted by atomic mass is 10.0. The largest absolute Gasteiger partial charge is 0.479 e. The van der Waals surface area contributed by atoms with E-state index in [0.29, 0.717) is 43.5 Å². The van der Waals surface area contributed by atoms with Crippen molar-refractivity contribution in [2.45, 2.75) is 50.5 Å². The van der Waals surface area contributed by atoms with Gasteiger partial charge in [-0.3, -0.25) is 4.57 Å². The second kappa shape index (κ2) is 16.2. The Morgan fingerprint density at radius 3 is 1.76 bits per heavy atom. The Hall–Kier alpha value is -4.97. The number of benzene rings is 4. The fourth-order valence-corrected chi connectivity index (χ4v) is 6.30. The Balaban J connectivity index is 1.29. The van der Waals surface area contributed by atoms with Crippen LogP contribution in [0.1, 0.15) is 22.3 Å². The van der Waals surface area contributed by atoms with Crippen LogP contribution in [-0.2, 0) is 55.8 Å². The van der Waals surface area contributed by atoms with Gasteiger partial charge in [-0.15, -0.1) is 0 Å². The van der Waals surface area contributed by atoms with Gasteiger partial charge in [0, 0.05) is 0 Å². The van der Waals surface area contributed by atoms with Crippen LogP contribution in [0.3, 0.4) is 0 Å². The Morgan fingerprint density at radius 2 is 1.18 bits per heavy atom. The fourth-order valence-electron chi connectivity index (χ4n) is 6.30. The second-order valence-corrected chi connectivity index (χ2v) is 12.1. The van der Waals surface area contributed by atoms with Crippen molar-refractivity contribution in [1.82, 2.24) is 19.5 Å². The highest BCUT2D eigenvalue weighted by Crippen LogP contribution is 2.43. The monoisotopic (exact) mass is 672 g/mol. The maximum Gasteiger partial charge on any atom is 0.245 e. The molecule has 0 bridgehead atoms. The van der Waals surface area contributed by atoms with Gasteiger partial charge in [0.05, 0.1) is 53.1 Å². The fraction of sp³-hybridized carbons (Fsp3) is 0.275. The van der Waals surface area contributed by atoms with Crippen molar-refractivity contribution in [3.63, 3.8) is 0 Å². The first kappa shape index (κ1) is 33.5. The molecule has 4 aromatic carbocycles. The van der Waals surface area contributed by atoms with Crippen molar-refractivity contribution in [3.8, 4) is 5.88 Å². The van der Waals surface area contributed by atoms with Gasteiger partial charge >= 0.3 is 0 Å². The number of ether oxygens (including phenoxy) is 6. The maximum absolute atomic E-state index is 7.17. The molecule has 0 spiro atoms. The zero-order valence-corrected chi connectivity index (χ0v) is 27.9. The Labute approximate surface area is 291 Å². The van der Waals surface area contributed by atoms with E-state index >= 15 is 0 Å². The van der Waals surface area contributed by atoms with Crippen LogP contribution in [0.15, 0.2) is 134 Å². The molecule has 0 unspecified atom stereocenters. The van der Waals surface area contributed by atoms with Gasteiger partial charge in [0.25, 0.3) is 0 Å². The second-order valence-electron chi connectivity index (χ2n) is 12.1. The number of methoxy groups -OCH3 is 1. The number of nitrogens with zero attached hydrogens (tertiary/aromatic N) is 4. The number of imidazole rings is 1. The van der Waals surface area contributed by atoms with Gasteiger partial charge in [0.15, 0.2) is 16.9 Å². The standard InChI is InChI=1S/C40H40N4O6/c1-45-39-35-38(41-28-42-39)44(29-43-35)40(27-47-23-31-16-8-3-9-17-31)37(49-25-33-20-12-5-13-21-33)36(48-24-32-18-10-4-11-19-32)34(50-40)26-46-22-30-14-6-2-7-15-30/h2-21,28-29,34,36-37H,22-27H2,1H3/t34-,36-,37+,40-/m1/s1. The topological polar surface area (TPSA) is 99.0 Å². The van der Waals surface area contributed by atoms with Crippen LogP contribution in [0.2, 0.25) is 0 Å². The molecule has 10 heteroatoms. The summed E-state index contributed by atoms with van der Waals surface area (Å²) >= 11 is 0. The van der Waals surface area contributed by atoms with Crippen molar-refractivity contribution >= 4 is 11.2 Å². The van der Waals surface area contributed by atoms with Crippen molar-refractivity contribution in [2.75, 3.05) is 20.3 Å². The molecule has 2 aromatic heterocycles.